The van der Waals surface area contributed by atoms with Crippen LogP contribution in [0.1, 0.15) is 37.0 Å². The molecule has 0 aliphatic carbocycles. The predicted octanol–water partition coefficient (Wildman–Crippen LogP) is 1.96. The first-order chi connectivity index (χ1) is 9.79. The molecule has 0 heterocycles. The third-order valence-electron chi connectivity index (χ3n) is 3.05. The van der Waals surface area contributed by atoms with Gasteiger partial charge in [0.25, 0.3) is 5.91 Å². The van der Waals surface area contributed by atoms with E-state index < -0.39 is 11.9 Å². The van der Waals surface area contributed by atoms with Gasteiger partial charge in [0.05, 0.1) is 5.56 Å². The standard InChI is InChI=1S/C15H21NO5/c1-9(2)5-10(6-14(19)20)8-16-15(21)12-4-3-11(17)7-13(12)18/h3-4,7,9-10,17-18H,5-6,8H2,1-2H3,(H,16,21)(H,19,20). The summed E-state index contributed by atoms with van der Waals surface area (Å²) in [6, 6.07) is 3.70. The summed E-state index contributed by atoms with van der Waals surface area (Å²) >= 11 is 0. The monoisotopic (exact) mass is 295 g/mol. The maximum absolute atomic E-state index is 12.0. The van der Waals surface area contributed by atoms with Crippen molar-refractivity contribution in [3.05, 3.63) is 23.8 Å². The molecule has 0 spiro atoms. The zero-order valence-electron chi connectivity index (χ0n) is 12.2. The number of carbonyl (C=O) groups is 2. The van der Waals surface area contributed by atoms with Crippen LogP contribution in [0, 0.1) is 11.8 Å². The van der Waals surface area contributed by atoms with Gasteiger partial charge in [-0.15, -0.1) is 0 Å². The van der Waals surface area contributed by atoms with Crippen LogP contribution in [0.2, 0.25) is 0 Å². The van der Waals surface area contributed by atoms with Crippen LogP contribution >= 0.6 is 0 Å². The highest BCUT2D eigenvalue weighted by molar-refractivity contribution is 5.97. The van der Waals surface area contributed by atoms with Crippen LogP contribution < -0.4 is 5.32 Å². The van der Waals surface area contributed by atoms with E-state index in [1.807, 2.05) is 13.8 Å². The summed E-state index contributed by atoms with van der Waals surface area (Å²) < 4.78 is 0. The Labute approximate surface area is 123 Å². The number of nitrogens with one attached hydrogen (secondary N) is 1. The summed E-state index contributed by atoms with van der Waals surface area (Å²) in [5.74, 6) is -1.67. The Balaban J connectivity index is 2.65. The molecule has 1 unspecified atom stereocenters. The number of phenols is 2. The summed E-state index contributed by atoms with van der Waals surface area (Å²) in [6.45, 7) is 4.20. The van der Waals surface area contributed by atoms with Crippen LogP contribution in [0.3, 0.4) is 0 Å². The molecule has 0 saturated carbocycles. The summed E-state index contributed by atoms with van der Waals surface area (Å²) in [4.78, 5) is 22.8. The number of carboxylic acid groups (broad SMARTS) is 1. The Morgan fingerprint density at radius 1 is 1.24 bits per heavy atom. The second-order valence-electron chi connectivity index (χ2n) is 5.50. The van der Waals surface area contributed by atoms with E-state index in [1.54, 1.807) is 0 Å². The van der Waals surface area contributed by atoms with Gasteiger partial charge < -0.3 is 20.6 Å². The summed E-state index contributed by atoms with van der Waals surface area (Å²) in [5.41, 5.74) is 0.0476. The van der Waals surface area contributed by atoms with Crippen molar-refractivity contribution in [3.8, 4) is 11.5 Å². The van der Waals surface area contributed by atoms with E-state index in [1.165, 1.54) is 12.1 Å². The minimum absolute atomic E-state index is 0.0139. The van der Waals surface area contributed by atoms with Gasteiger partial charge in [-0.25, -0.2) is 0 Å². The third-order valence-corrected chi connectivity index (χ3v) is 3.05. The molecule has 1 atom stereocenters. The lowest BCUT2D eigenvalue weighted by Crippen LogP contribution is -2.31. The molecule has 0 bridgehead atoms. The fourth-order valence-corrected chi connectivity index (χ4v) is 2.20. The lowest BCUT2D eigenvalue weighted by atomic mass is 9.94. The molecule has 1 rings (SSSR count). The average molecular weight is 295 g/mol. The zero-order valence-corrected chi connectivity index (χ0v) is 12.2. The number of hydrogen-bond acceptors (Lipinski definition) is 4. The number of aliphatic carboxylic acids is 1. The Morgan fingerprint density at radius 3 is 2.43 bits per heavy atom. The number of amides is 1. The van der Waals surface area contributed by atoms with Crippen molar-refractivity contribution in [2.75, 3.05) is 6.54 Å². The van der Waals surface area contributed by atoms with E-state index >= 15 is 0 Å². The molecule has 4 N–H and O–H groups in total. The number of rotatable bonds is 7. The first kappa shape index (κ1) is 16.8. The maximum Gasteiger partial charge on any atom is 0.303 e. The van der Waals surface area contributed by atoms with Crippen molar-refractivity contribution in [1.82, 2.24) is 5.32 Å². The Kier molecular flexibility index (Phi) is 6.02. The second kappa shape index (κ2) is 7.52. The summed E-state index contributed by atoms with van der Waals surface area (Å²) in [6.07, 6.45) is 0.675. The van der Waals surface area contributed by atoms with Crippen LogP contribution in [0.4, 0.5) is 0 Å². The largest absolute Gasteiger partial charge is 0.508 e. The first-order valence-electron chi connectivity index (χ1n) is 6.81. The first-order valence-corrected chi connectivity index (χ1v) is 6.81. The minimum atomic E-state index is -0.901. The van der Waals surface area contributed by atoms with Crippen molar-refractivity contribution in [3.63, 3.8) is 0 Å². The maximum atomic E-state index is 12.0. The molecular formula is C15H21NO5. The third kappa shape index (κ3) is 5.72. The summed E-state index contributed by atoms with van der Waals surface area (Å²) in [7, 11) is 0. The number of benzene rings is 1. The lowest BCUT2D eigenvalue weighted by Gasteiger charge is -2.18. The molecule has 0 saturated heterocycles. The summed E-state index contributed by atoms with van der Waals surface area (Å²) in [5, 5.41) is 30.3. The van der Waals surface area contributed by atoms with E-state index in [0.717, 1.165) is 6.07 Å². The molecule has 1 aromatic carbocycles. The van der Waals surface area contributed by atoms with Gasteiger partial charge in [0, 0.05) is 19.0 Å². The molecule has 0 radical (unpaired) electrons. The molecule has 6 heteroatoms. The molecule has 1 amide bonds. The highest BCUT2D eigenvalue weighted by Gasteiger charge is 2.18. The number of carboxylic acids is 1. The van der Waals surface area contributed by atoms with E-state index in [4.69, 9.17) is 5.11 Å². The molecule has 1 aromatic rings. The molecule has 6 nitrogen and oxygen atoms in total. The number of aromatic hydroxyl groups is 2. The molecule has 0 aliphatic heterocycles. The van der Waals surface area contributed by atoms with E-state index in [0.29, 0.717) is 12.3 Å². The van der Waals surface area contributed by atoms with Crippen molar-refractivity contribution in [1.29, 1.82) is 0 Å². The van der Waals surface area contributed by atoms with Crippen LogP contribution in [-0.4, -0.2) is 33.7 Å². The fraction of sp³-hybridized carbons (Fsp3) is 0.467. The highest BCUT2D eigenvalue weighted by atomic mass is 16.4. The molecule has 21 heavy (non-hydrogen) atoms. The van der Waals surface area contributed by atoms with E-state index in [9.17, 15) is 19.8 Å². The van der Waals surface area contributed by atoms with E-state index in [2.05, 4.69) is 5.32 Å². The Bertz CT molecular complexity index is 513. The van der Waals surface area contributed by atoms with Crippen molar-refractivity contribution >= 4 is 11.9 Å². The molecule has 0 aliphatic rings. The van der Waals surface area contributed by atoms with Crippen LogP contribution in [0.25, 0.3) is 0 Å². The second-order valence-corrected chi connectivity index (χ2v) is 5.50. The van der Waals surface area contributed by atoms with Gasteiger partial charge in [0.2, 0.25) is 0 Å². The number of carbonyl (C=O) groups excluding carboxylic acids is 1. The van der Waals surface area contributed by atoms with Gasteiger partial charge in [-0.05, 0) is 30.4 Å². The quantitative estimate of drug-likeness (QED) is 0.615. The van der Waals surface area contributed by atoms with E-state index in [-0.39, 0.29) is 35.9 Å². The molecule has 0 fully saturated rings. The minimum Gasteiger partial charge on any atom is -0.508 e. The van der Waals surface area contributed by atoms with Crippen molar-refractivity contribution in [2.45, 2.75) is 26.7 Å². The average Bonchev–Trinajstić information content (AvgIpc) is 2.34. The smallest absolute Gasteiger partial charge is 0.303 e. The molecule has 116 valence electrons. The Hall–Kier alpha value is -2.24. The number of phenolic OH excluding ortho intramolecular Hbond substituents is 2. The zero-order chi connectivity index (χ0) is 16.0. The SMILES string of the molecule is CC(C)CC(CNC(=O)c1ccc(O)cc1O)CC(=O)O. The number of hydrogen-bond donors (Lipinski definition) is 4. The lowest BCUT2D eigenvalue weighted by molar-refractivity contribution is -0.138. The van der Waals surface area contributed by atoms with Crippen molar-refractivity contribution in [2.24, 2.45) is 11.8 Å². The fourth-order valence-electron chi connectivity index (χ4n) is 2.20. The van der Waals surface area contributed by atoms with Crippen LogP contribution in [-0.2, 0) is 4.79 Å². The molecule has 0 aromatic heterocycles. The van der Waals surface area contributed by atoms with Crippen LogP contribution in [0.15, 0.2) is 18.2 Å². The van der Waals surface area contributed by atoms with Gasteiger partial charge in [-0.1, -0.05) is 13.8 Å². The Morgan fingerprint density at radius 2 is 1.90 bits per heavy atom. The van der Waals surface area contributed by atoms with Crippen LogP contribution in [0.5, 0.6) is 11.5 Å². The normalized spacial score (nSPS) is 12.1. The van der Waals surface area contributed by atoms with Crippen molar-refractivity contribution < 1.29 is 24.9 Å². The van der Waals surface area contributed by atoms with Gasteiger partial charge in [0.1, 0.15) is 11.5 Å². The van der Waals surface area contributed by atoms with Gasteiger partial charge in [-0.2, -0.15) is 0 Å². The van der Waals surface area contributed by atoms with Gasteiger partial charge in [-0.3, -0.25) is 9.59 Å². The van der Waals surface area contributed by atoms with Gasteiger partial charge >= 0.3 is 5.97 Å². The highest BCUT2D eigenvalue weighted by Crippen LogP contribution is 2.22. The molecular weight excluding hydrogens is 274 g/mol. The van der Waals surface area contributed by atoms with Gasteiger partial charge in [0.15, 0.2) is 0 Å². The topological polar surface area (TPSA) is 107 Å². The predicted molar refractivity (Wildman–Crippen MR) is 77.3 cm³/mol.